The van der Waals surface area contributed by atoms with Gasteiger partial charge in [0.1, 0.15) is 0 Å². The number of nitrogens with zero attached hydrogens (tertiary/aromatic N) is 2. The van der Waals surface area contributed by atoms with Crippen LogP contribution in [0.5, 0.6) is 0 Å². The summed E-state index contributed by atoms with van der Waals surface area (Å²) >= 11 is 17.8. The number of nitrogens with two attached hydrogens (primary N) is 1. The molecule has 1 aromatic rings. The summed E-state index contributed by atoms with van der Waals surface area (Å²) in [6.45, 7) is 1.88. The molecule has 0 saturated carbocycles. The molecule has 1 aliphatic rings. The second kappa shape index (κ2) is 5.34. The van der Waals surface area contributed by atoms with E-state index < -0.39 is 0 Å². The lowest BCUT2D eigenvalue weighted by Crippen LogP contribution is -2.34. The Labute approximate surface area is 115 Å². The van der Waals surface area contributed by atoms with Crippen LogP contribution in [0.1, 0.15) is 12.8 Å². The molecule has 0 atom stereocenters. The van der Waals surface area contributed by atoms with Gasteiger partial charge in [-0.2, -0.15) is 0 Å². The maximum Gasteiger partial charge on any atom is 0.196 e. The number of benzene rings is 1. The van der Waals surface area contributed by atoms with Crippen molar-refractivity contribution in [1.82, 2.24) is 4.90 Å². The van der Waals surface area contributed by atoms with Crippen LogP contribution < -0.4 is 5.73 Å². The van der Waals surface area contributed by atoms with Crippen LogP contribution in [0.15, 0.2) is 17.1 Å². The van der Waals surface area contributed by atoms with E-state index in [0.29, 0.717) is 26.7 Å². The van der Waals surface area contributed by atoms with Gasteiger partial charge in [0.25, 0.3) is 0 Å². The molecule has 17 heavy (non-hydrogen) atoms. The Hall–Kier alpha value is -0.640. The number of rotatable bonds is 1. The van der Waals surface area contributed by atoms with Crippen molar-refractivity contribution in [3.63, 3.8) is 0 Å². The number of guanidine groups is 1. The summed E-state index contributed by atoms with van der Waals surface area (Å²) in [5.74, 6) is 0.475. The minimum absolute atomic E-state index is 0.412. The monoisotopic (exact) mass is 291 g/mol. The summed E-state index contributed by atoms with van der Waals surface area (Å²) in [6, 6.07) is 3.19. The van der Waals surface area contributed by atoms with Crippen LogP contribution in [0.2, 0.25) is 15.1 Å². The van der Waals surface area contributed by atoms with Crippen LogP contribution in [0.3, 0.4) is 0 Å². The summed E-state index contributed by atoms with van der Waals surface area (Å²) < 4.78 is 0. The van der Waals surface area contributed by atoms with Gasteiger partial charge in [-0.25, -0.2) is 4.99 Å². The second-order valence-corrected chi connectivity index (χ2v) is 5.10. The van der Waals surface area contributed by atoms with Crippen molar-refractivity contribution in [3.8, 4) is 0 Å². The lowest BCUT2D eigenvalue weighted by molar-refractivity contribution is 0.513. The first kappa shape index (κ1) is 12.8. The van der Waals surface area contributed by atoms with E-state index in [0.717, 1.165) is 25.9 Å². The Bertz CT molecular complexity index is 454. The Kier molecular flexibility index (Phi) is 4.02. The number of hydrogen-bond donors (Lipinski definition) is 1. The summed E-state index contributed by atoms with van der Waals surface area (Å²) in [6.07, 6.45) is 2.29. The normalized spacial score (nSPS) is 16.6. The van der Waals surface area contributed by atoms with Crippen molar-refractivity contribution in [3.05, 3.63) is 27.2 Å². The van der Waals surface area contributed by atoms with Gasteiger partial charge in [-0.05, 0) is 25.0 Å². The smallest absolute Gasteiger partial charge is 0.196 e. The van der Waals surface area contributed by atoms with Crippen molar-refractivity contribution in [1.29, 1.82) is 0 Å². The standard InChI is InChI=1S/C11H12Cl3N3/c12-7-5-9(14)10(6-8(7)13)16-11(15)17-3-1-2-4-17/h5-6H,1-4H2,(H2,15,16). The van der Waals surface area contributed by atoms with Crippen LogP contribution in [0.25, 0.3) is 0 Å². The largest absolute Gasteiger partial charge is 0.369 e. The SMILES string of the molecule is NC(=Nc1cc(Cl)c(Cl)cc1Cl)N1CCCC1. The topological polar surface area (TPSA) is 41.6 Å². The van der Waals surface area contributed by atoms with Crippen molar-refractivity contribution >= 4 is 46.4 Å². The van der Waals surface area contributed by atoms with Crippen molar-refractivity contribution in [2.24, 2.45) is 10.7 Å². The summed E-state index contributed by atoms with van der Waals surface area (Å²) in [4.78, 5) is 6.31. The molecule has 2 N–H and O–H groups in total. The summed E-state index contributed by atoms with van der Waals surface area (Å²) in [5, 5.41) is 1.28. The fourth-order valence-electron chi connectivity index (χ4n) is 1.74. The second-order valence-electron chi connectivity index (χ2n) is 3.88. The number of hydrogen-bond acceptors (Lipinski definition) is 1. The van der Waals surface area contributed by atoms with Gasteiger partial charge in [-0.15, -0.1) is 0 Å². The Morgan fingerprint density at radius 3 is 2.29 bits per heavy atom. The third-order valence-electron chi connectivity index (χ3n) is 2.65. The van der Waals surface area contributed by atoms with Gasteiger partial charge < -0.3 is 10.6 Å². The number of aliphatic imine (C=N–C) groups is 1. The summed E-state index contributed by atoms with van der Waals surface area (Å²) in [7, 11) is 0. The zero-order valence-corrected chi connectivity index (χ0v) is 11.4. The minimum atomic E-state index is 0.412. The van der Waals surface area contributed by atoms with Gasteiger partial charge in [0, 0.05) is 13.1 Å². The quantitative estimate of drug-likeness (QED) is 0.487. The lowest BCUT2D eigenvalue weighted by Gasteiger charge is -2.16. The maximum atomic E-state index is 6.03. The van der Waals surface area contributed by atoms with E-state index in [1.165, 1.54) is 0 Å². The number of likely N-dealkylation sites (tertiary alicyclic amines) is 1. The average Bonchev–Trinajstić information content (AvgIpc) is 2.79. The molecule has 1 saturated heterocycles. The molecule has 1 fully saturated rings. The molecular weight excluding hydrogens is 281 g/mol. The molecule has 0 aliphatic carbocycles. The summed E-state index contributed by atoms with van der Waals surface area (Å²) in [5.41, 5.74) is 6.46. The van der Waals surface area contributed by atoms with Crippen molar-refractivity contribution < 1.29 is 0 Å². The van der Waals surface area contributed by atoms with Crippen LogP contribution in [-0.4, -0.2) is 23.9 Å². The minimum Gasteiger partial charge on any atom is -0.369 e. The molecule has 3 nitrogen and oxygen atoms in total. The van der Waals surface area contributed by atoms with Gasteiger partial charge in [0.15, 0.2) is 5.96 Å². The molecule has 1 heterocycles. The first-order valence-corrected chi connectivity index (χ1v) is 6.45. The van der Waals surface area contributed by atoms with Crippen LogP contribution in [-0.2, 0) is 0 Å². The Balaban J connectivity index is 2.28. The highest BCUT2D eigenvalue weighted by Gasteiger charge is 2.14. The molecular formula is C11H12Cl3N3. The first-order chi connectivity index (χ1) is 8.08. The molecule has 0 radical (unpaired) electrons. The zero-order valence-electron chi connectivity index (χ0n) is 9.09. The van der Waals surface area contributed by atoms with Crippen molar-refractivity contribution in [2.75, 3.05) is 13.1 Å². The third-order valence-corrected chi connectivity index (χ3v) is 3.68. The number of halogens is 3. The Morgan fingerprint density at radius 2 is 1.65 bits per heavy atom. The Morgan fingerprint density at radius 1 is 1.06 bits per heavy atom. The molecule has 0 amide bonds. The fraction of sp³-hybridized carbons (Fsp3) is 0.364. The first-order valence-electron chi connectivity index (χ1n) is 5.31. The molecule has 92 valence electrons. The van der Waals surface area contributed by atoms with E-state index in [1.807, 2.05) is 4.90 Å². The molecule has 6 heteroatoms. The van der Waals surface area contributed by atoms with Crippen LogP contribution in [0.4, 0.5) is 5.69 Å². The molecule has 0 unspecified atom stereocenters. The van der Waals surface area contributed by atoms with Gasteiger partial charge in [-0.1, -0.05) is 34.8 Å². The highest BCUT2D eigenvalue weighted by Crippen LogP contribution is 2.34. The molecule has 0 bridgehead atoms. The predicted octanol–water partition coefficient (Wildman–Crippen LogP) is 3.69. The van der Waals surface area contributed by atoms with E-state index >= 15 is 0 Å². The predicted molar refractivity (Wildman–Crippen MR) is 73.6 cm³/mol. The zero-order chi connectivity index (χ0) is 12.4. The highest BCUT2D eigenvalue weighted by molar-refractivity contribution is 6.43. The van der Waals surface area contributed by atoms with E-state index in [2.05, 4.69) is 4.99 Å². The lowest BCUT2D eigenvalue weighted by atomic mass is 10.3. The fourth-order valence-corrected chi connectivity index (χ4v) is 2.32. The maximum absolute atomic E-state index is 6.03. The van der Waals surface area contributed by atoms with Gasteiger partial charge in [0.05, 0.1) is 20.8 Å². The molecule has 0 aromatic heterocycles. The van der Waals surface area contributed by atoms with Crippen LogP contribution >= 0.6 is 34.8 Å². The van der Waals surface area contributed by atoms with E-state index in [9.17, 15) is 0 Å². The van der Waals surface area contributed by atoms with Gasteiger partial charge in [-0.3, -0.25) is 0 Å². The van der Waals surface area contributed by atoms with E-state index in [1.54, 1.807) is 12.1 Å². The molecule has 1 aliphatic heterocycles. The molecule has 2 rings (SSSR count). The van der Waals surface area contributed by atoms with E-state index in [-0.39, 0.29) is 0 Å². The molecule has 1 aromatic carbocycles. The third kappa shape index (κ3) is 2.97. The average molecular weight is 293 g/mol. The molecule has 0 spiro atoms. The van der Waals surface area contributed by atoms with Crippen LogP contribution in [0, 0.1) is 0 Å². The van der Waals surface area contributed by atoms with Gasteiger partial charge >= 0.3 is 0 Å². The van der Waals surface area contributed by atoms with Crippen molar-refractivity contribution in [2.45, 2.75) is 12.8 Å². The highest BCUT2D eigenvalue weighted by atomic mass is 35.5. The van der Waals surface area contributed by atoms with E-state index in [4.69, 9.17) is 40.5 Å². The van der Waals surface area contributed by atoms with Gasteiger partial charge in [0.2, 0.25) is 0 Å².